The van der Waals surface area contributed by atoms with Gasteiger partial charge in [-0.1, -0.05) is 23.9 Å². The first-order valence-corrected chi connectivity index (χ1v) is 9.87. The van der Waals surface area contributed by atoms with Gasteiger partial charge in [-0.3, -0.25) is 4.79 Å². The summed E-state index contributed by atoms with van der Waals surface area (Å²) in [5.41, 5.74) is 2.37. The van der Waals surface area contributed by atoms with Gasteiger partial charge in [0.2, 0.25) is 0 Å². The van der Waals surface area contributed by atoms with Crippen molar-refractivity contribution < 1.29 is 23.5 Å². The van der Waals surface area contributed by atoms with Crippen molar-refractivity contribution in [2.45, 2.75) is 11.9 Å². The second-order valence-electron chi connectivity index (χ2n) is 5.96. The minimum atomic E-state index is -0.443. The number of thioether (sulfide) groups is 1. The molecule has 8 heteroatoms. The van der Waals surface area contributed by atoms with Crippen LogP contribution in [0.2, 0.25) is 0 Å². The Morgan fingerprint density at radius 1 is 1.07 bits per heavy atom. The van der Waals surface area contributed by atoms with E-state index in [4.69, 9.17) is 13.9 Å². The highest BCUT2D eigenvalue weighted by Crippen LogP contribution is 2.32. The van der Waals surface area contributed by atoms with Crippen molar-refractivity contribution in [2.24, 2.45) is 0 Å². The third kappa shape index (κ3) is 4.07. The number of esters is 2. The van der Waals surface area contributed by atoms with Crippen molar-refractivity contribution >= 4 is 45.8 Å². The summed E-state index contributed by atoms with van der Waals surface area (Å²) in [5.74, 6) is -0.468. The first kappa shape index (κ1) is 18.9. The number of carbonyl (C=O) groups is 2. The van der Waals surface area contributed by atoms with Crippen molar-refractivity contribution in [2.75, 3.05) is 12.4 Å². The molecule has 2 heterocycles. The Labute approximate surface area is 170 Å². The number of hydrogen-bond donors (Lipinski definition) is 0. The number of rotatable bonds is 6. The van der Waals surface area contributed by atoms with Gasteiger partial charge in [0.1, 0.15) is 28.2 Å². The molecule has 0 bridgehead atoms. The van der Waals surface area contributed by atoms with Crippen LogP contribution >= 0.6 is 11.8 Å². The van der Waals surface area contributed by atoms with Crippen LogP contribution in [0, 0.1) is 0 Å². The Kier molecular flexibility index (Phi) is 5.44. The molecular weight excluding hydrogens is 392 g/mol. The van der Waals surface area contributed by atoms with Crippen LogP contribution in [0.15, 0.2) is 64.3 Å². The third-order valence-electron chi connectivity index (χ3n) is 4.05. The van der Waals surface area contributed by atoms with Crippen molar-refractivity contribution in [1.29, 1.82) is 0 Å². The number of aromatic nitrogens is 2. The van der Waals surface area contributed by atoms with Crippen molar-refractivity contribution in [1.82, 2.24) is 9.97 Å². The number of nitrogens with zero attached hydrogens (tertiary/aromatic N) is 2. The van der Waals surface area contributed by atoms with Crippen LogP contribution in [0.1, 0.15) is 17.3 Å². The van der Waals surface area contributed by atoms with E-state index in [9.17, 15) is 9.59 Å². The minimum absolute atomic E-state index is 0.0444. The van der Waals surface area contributed by atoms with E-state index in [1.54, 1.807) is 31.2 Å². The molecule has 0 radical (unpaired) electrons. The Bertz CT molecular complexity index is 1190. The standard InChI is InChI=1S/C21H16N2O5S/c1-2-26-21(25)13-7-9-14(10-8-13)27-17(24)11-29-20-19-18(22-12-23-20)15-5-3-4-6-16(15)28-19/h3-10,12H,2,11H2,1H3. The molecule has 0 atom stereocenters. The van der Waals surface area contributed by atoms with Crippen molar-refractivity contribution in [3.63, 3.8) is 0 Å². The smallest absolute Gasteiger partial charge is 0.338 e. The van der Waals surface area contributed by atoms with Crippen LogP contribution in [0.5, 0.6) is 5.75 Å². The summed E-state index contributed by atoms with van der Waals surface area (Å²) >= 11 is 1.21. The number of carbonyl (C=O) groups excluding carboxylic acids is 2. The maximum atomic E-state index is 12.2. The Balaban J connectivity index is 1.43. The van der Waals surface area contributed by atoms with E-state index in [-0.39, 0.29) is 5.75 Å². The molecule has 0 unspecified atom stereocenters. The van der Waals surface area contributed by atoms with Gasteiger partial charge >= 0.3 is 11.9 Å². The summed E-state index contributed by atoms with van der Waals surface area (Å²) in [6, 6.07) is 13.8. The quantitative estimate of drug-likeness (QED) is 0.202. The molecule has 29 heavy (non-hydrogen) atoms. The van der Waals surface area contributed by atoms with E-state index in [1.165, 1.54) is 18.1 Å². The lowest BCUT2D eigenvalue weighted by Crippen LogP contribution is -2.11. The second kappa shape index (κ2) is 8.32. The van der Waals surface area contributed by atoms with E-state index in [1.807, 2.05) is 24.3 Å². The Morgan fingerprint density at radius 2 is 1.86 bits per heavy atom. The largest absolute Gasteiger partial charge is 0.462 e. The van der Waals surface area contributed by atoms with Crippen LogP contribution < -0.4 is 4.74 Å². The highest BCUT2D eigenvalue weighted by Gasteiger charge is 2.15. The third-order valence-corrected chi connectivity index (χ3v) is 4.99. The first-order chi connectivity index (χ1) is 14.2. The van der Waals surface area contributed by atoms with Crippen LogP contribution in [-0.4, -0.2) is 34.3 Å². The normalized spacial score (nSPS) is 10.9. The van der Waals surface area contributed by atoms with Gasteiger partial charge in [-0.05, 0) is 43.3 Å². The van der Waals surface area contributed by atoms with E-state index in [0.29, 0.717) is 39.6 Å². The molecule has 0 N–H and O–H groups in total. The van der Waals surface area contributed by atoms with Gasteiger partial charge in [0.05, 0.1) is 17.9 Å². The summed E-state index contributed by atoms with van der Waals surface area (Å²) in [4.78, 5) is 32.4. The molecule has 0 spiro atoms. The molecule has 2 aromatic carbocycles. The van der Waals surface area contributed by atoms with Crippen molar-refractivity contribution in [3.05, 3.63) is 60.4 Å². The molecule has 0 amide bonds. The van der Waals surface area contributed by atoms with E-state index >= 15 is 0 Å². The lowest BCUT2D eigenvalue weighted by Gasteiger charge is -2.05. The summed E-state index contributed by atoms with van der Waals surface area (Å²) in [6.07, 6.45) is 1.45. The van der Waals surface area contributed by atoms with Crippen molar-refractivity contribution in [3.8, 4) is 5.75 Å². The molecule has 146 valence electrons. The van der Waals surface area contributed by atoms with Gasteiger partial charge in [-0.25, -0.2) is 14.8 Å². The van der Waals surface area contributed by atoms with Gasteiger partial charge < -0.3 is 13.9 Å². The molecule has 2 aromatic heterocycles. The number of hydrogen-bond acceptors (Lipinski definition) is 8. The van der Waals surface area contributed by atoms with Gasteiger partial charge in [-0.15, -0.1) is 0 Å². The predicted octanol–water partition coefficient (Wildman–Crippen LogP) is 4.25. The maximum absolute atomic E-state index is 12.2. The van der Waals surface area contributed by atoms with Crippen LogP contribution in [-0.2, 0) is 9.53 Å². The molecule has 0 aliphatic carbocycles. The lowest BCUT2D eigenvalue weighted by molar-refractivity contribution is -0.131. The number of para-hydroxylation sites is 1. The molecule has 4 aromatic rings. The SMILES string of the molecule is CCOC(=O)c1ccc(OC(=O)CSc2ncnc3c2oc2ccccc23)cc1. The summed E-state index contributed by atoms with van der Waals surface area (Å²) in [5, 5.41) is 1.47. The molecule has 7 nitrogen and oxygen atoms in total. The predicted molar refractivity (Wildman–Crippen MR) is 108 cm³/mol. The zero-order chi connectivity index (χ0) is 20.2. The van der Waals surface area contributed by atoms with Gasteiger partial charge in [0.25, 0.3) is 0 Å². The summed E-state index contributed by atoms with van der Waals surface area (Å²) < 4.78 is 16.1. The number of furan rings is 1. The average molecular weight is 408 g/mol. The van der Waals surface area contributed by atoms with Gasteiger partial charge in [0, 0.05) is 5.39 Å². The topological polar surface area (TPSA) is 91.5 Å². The molecule has 0 fully saturated rings. The van der Waals surface area contributed by atoms with E-state index < -0.39 is 11.9 Å². The lowest BCUT2D eigenvalue weighted by atomic mass is 10.2. The fraction of sp³-hybridized carbons (Fsp3) is 0.143. The fourth-order valence-corrected chi connectivity index (χ4v) is 3.47. The molecular formula is C21H16N2O5S. The molecule has 0 saturated heterocycles. The van der Waals surface area contributed by atoms with Gasteiger partial charge in [0.15, 0.2) is 5.58 Å². The van der Waals surface area contributed by atoms with E-state index in [0.717, 1.165) is 5.39 Å². The number of ether oxygens (including phenoxy) is 2. The van der Waals surface area contributed by atoms with Gasteiger partial charge in [-0.2, -0.15) is 0 Å². The summed E-state index contributed by atoms with van der Waals surface area (Å²) in [6.45, 7) is 2.04. The average Bonchev–Trinajstić information content (AvgIpc) is 3.12. The fourth-order valence-electron chi connectivity index (χ4n) is 2.77. The molecule has 4 rings (SSSR count). The second-order valence-corrected chi connectivity index (χ2v) is 6.93. The maximum Gasteiger partial charge on any atom is 0.338 e. The molecule has 0 saturated carbocycles. The number of benzene rings is 2. The zero-order valence-corrected chi connectivity index (χ0v) is 16.3. The summed E-state index contributed by atoms with van der Waals surface area (Å²) in [7, 11) is 0. The van der Waals surface area contributed by atoms with Crippen LogP contribution in [0.4, 0.5) is 0 Å². The highest BCUT2D eigenvalue weighted by atomic mass is 32.2. The highest BCUT2D eigenvalue weighted by molar-refractivity contribution is 8.00. The first-order valence-electron chi connectivity index (χ1n) is 8.88. The minimum Gasteiger partial charge on any atom is -0.462 e. The zero-order valence-electron chi connectivity index (χ0n) is 15.5. The Morgan fingerprint density at radius 3 is 2.66 bits per heavy atom. The Hall–Kier alpha value is -3.39. The van der Waals surface area contributed by atoms with Crippen LogP contribution in [0.3, 0.4) is 0 Å². The van der Waals surface area contributed by atoms with Crippen LogP contribution in [0.25, 0.3) is 22.1 Å². The number of fused-ring (bicyclic) bond motifs is 3. The monoisotopic (exact) mass is 408 g/mol. The van der Waals surface area contributed by atoms with E-state index in [2.05, 4.69) is 9.97 Å². The molecule has 0 aliphatic rings. The molecule has 0 aliphatic heterocycles.